The van der Waals surface area contributed by atoms with Crippen molar-refractivity contribution in [2.45, 2.75) is 13.5 Å². The molecule has 0 fully saturated rings. The molecule has 0 aliphatic carbocycles. The van der Waals surface area contributed by atoms with Crippen molar-refractivity contribution in [3.8, 4) is 11.4 Å². The third-order valence-electron chi connectivity index (χ3n) is 2.57. The van der Waals surface area contributed by atoms with Crippen LogP contribution in [-0.2, 0) is 11.3 Å². The summed E-state index contributed by atoms with van der Waals surface area (Å²) in [4.78, 5) is 18.8. The zero-order valence-corrected chi connectivity index (χ0v) is 12.3. The lowest BCUT2D eigenvalue weighted by Gasteiger charge is -2.05. The maximum atomic E-state index is 11.7. The highest BCUT2D eigenvalue weighted by molar-refractivity contribution is 14.1. The summed E-state index contributed by atoms with van der Waals surface area (Å²) in [6, 6.07) is 7.79. The average Bonchev–Trinajstić information content (AvgIpc) is 2.37. The first-order valence-corrected chi connectivity index (χ1v) is 6.54. The summed E-state index contributed by atoms with van der Waals surface area (Å²) in [5.41, 5.74) is 2.63. The fourth-order valence-corrected chi connectivity index (χ4v) is 1.89. The van der Waals surface area contributed by atoms with Crippen LogP contribution in [0.3, 0.4) is 0 Å². The molecule has 1 N–H and O–H groups in total. The SMILES string of the molecule is COCc1ccc(-c2nc(C)c(I)c(=O)[nH]2)cc1. The van der Waals surface area contributed by atoms with E-state index in [-0.39, 0.29) is 5.56 Å². The van der Waals surface area contributed by atoms with Crippen molar-refractivity contribution in [3.63, 3.8) is 0 Å². The summed E-state index contributed by atoms with van der Waals surface area (Å²) >= 11 is 2.00. The zero-order valence-electron chi connectivity index (χ0n) is 10.2. The van der Waals surface area contributed by atoms with E-state index in [0.717, 1.165) is 16.8 Å². The molecule has 0 unspecified atom stereocenters. The summed E-state index contributed by atoms with van der Waals surface area (Å²) in [6.07, 6.45) is 0. The van der Waals surface area contributed by atoms with Crippen LogP contribution in [0.25, 0.3) is 11.4 Å². The van der Waals surface area contributed by atoms with Crippen molar-refractivity contribution < 1.29 is 4.74 Å². The fourth-order valence-electron chi connectivity index (χ4n) is 1.63. The van der Waals surface area contributed by atoms with E-state index in [1.54, 1.807) is 7.11 Å². The molecule has 4 nitrogen and oxygen atoms in total. The second-order valence-electron chi connectivity index (χ2n) is 3.94. The molecule has 94 valence electrons. The molecule has 0 aliphatic heterocycles. The molecule has 0 saturated carbocycles. The number of aryl methyl sites for hydroxylation is 1. The Labute approximate surface area is 119 Å². The molecule has 18 heavy (non-hydrogen) atoms. The van der Waals surface area contributed by atoms with Gasteiger partial charge in [-0.3, -0.25) is 4.79 Å². The second kappa shape index (κ2) is 5.62. The molecule has 0 aliphatic rings. The van der Waals surface area contributed by atoms with Crippen LogP contribution in [0, 0.1) is 10.5 Å². The normalized spacial score (nSPS) is 10.6. The molecule has 2 rings (SSSR count). The number of hydrogen-bond acceptors (Lipinski definition) is 3. The summed E-state index contributed by atoms with van der Waals surface area (Å²) in [5.74, 6) is 0.599. The second-order valence-corrected chi connectivity index (χ2v) is 5.02. The Kier molecular flexibility index (Phi) is 4.13. The van der Waals surface area contributed by atoms with Gasteiger partial charge in [-0.25, -0.2) is 4.98 Å². The van der Waals surface area contributed by atoms with Crippen LogP contribution in [0.5, 0.6) is 0 Å². The molecule has 0 bridgehead atoms. The van der Waals surface area contributed by atoms with Gasteiger partial charge in [-0.05, 0) is 35.1 Å². The number of ether oxygens (including phenoxy) is 1. The number of benzene rings is 1. The van der Waals surface area contributed by atoms with Crippen LogP contribution >= 0.6 is 22.6 Å². The van der Waals surface area contributed by atoms with Gasteiger partial charge in [0.1, 0.15) is 5.82 Å². The van der Waals surface area contributed by atoms with E-state index in [0.29, 0.717) is 16.0 Å². The first-order valence-electron chi connectivity index (χ1n) is 5.46. The van der Waals surface area contributed by atoms with E-state index >= 15 is 0 Å². The van der Waals surface area contributed by atoms with Gasteiger partial charge in [0.25, 0.3) is 5.56 Å². The van der Waals surface area contributed by atoms with Crippen molar-refractivity contribution in [1.29, 1.82) is 0 Å². The van der Waals surface area contributed by atoms with E-state index in [9.17, 15) is 4.79 Å². The standard InChI is InChI=1S/C13H13IN2O2/c1-8-11(14)13(17)16-12(15-8)10-5-3-9(4-6-10)7-18-2/h3-6H,7H2,1-2H3,(H,15,16,17). The van der Waals surface area contributed by atoms with Crippen molar-refractivity contribution in [2.75, 3.05) is 7.11 Å². The lowest BCUT2D eigenvalue weighted by atomic mass is 10.1. The molecule has 0 amide bonds. The Morgan fingerprint density at radius 2 is 2.00 bits per heavy atom. The number of methoxy groups -OCH3 is 1. The van der Waals surface area contributed by atoms with E-state index in [2.05, 4.69) is 9.97 Å². The number of aromatic nitrogens is 2. The predicted molar refractivity (Wildman–Crippen MR) is 78.5 cm³/mol. The van der Waals surface area contributed by atoms with Crippen LogP contribution in [0.2, 0.25) is 0 Å². The molecule has 0 saturated heterocycles. The predicted octanol–water partition coefficient (Wildman–Crippen LogP) is 2.50. The highest BCUT2D eigenvalue weighted by Crippen LogP contribution is 2.16. The zero-order chi connectivity index (χ0) is 13.1. The van der Waals surface area contributed by atoms with E-state index in [4.69, 9.17) is 4.74 Å². The molecule has 0 radical (unpaired) electrons. The molecular formula is C13H13IN2O2. The topological polar surface area (TPSA) is 55.0 Å². The Bertz CT molecular complexity index is 605. The van der Waals surface area contributed by atoms with Crippen LogP contribution in [-0.4, -0.2) is 17.1 Å². The molecule has 2 aromatic rings. The van der Waals surface area contributed by atoms with Gasteiger partial charge in [0.05, 0.1) is 15.9 Å². The van der Waals surface area contributed by atoms with Crippen molar-refractivity contribution in [1.82, 2.24) is 9.97 Å². The van der Waals surface area contributed by atoms with Gasteiger partial charge in [-0.1, -0.05) is 24.3 Å². The Morgan fingerprint density at radius 3 is 2.56 bits per heavy atom. The molecule has 1 aromatic carbocycles. The highest BCUT2D eigenvalue weighted by Gasteiger charge is 2.06. The minimum absolute atomic E-state index is 0.0981. The molecule has 0 atom stereocenters. The van der Waals surface area contributed by atoms with Crippen LogP contribution in [0.1, 0.15) is 11.3 Å². The molecular weight excluding hydrogens is 343 g/mol. The van der Waals surface area contributed by atoms with Crippen LogP contribution in [0.15, 0.2) is 29.1 Å². The summed E-state index contributed by atoms with van der Waals surface area (Å²) < 4.78 is 5.68. The summed E-state index contributed by atoms with van der Waals surface area (Å²) in [7, 11) is 1.66. The van der Waals surface area contributed by atoms with Gasteiger partial charge < -0.3 is 9.72 Å². The van der Waals surface area contributed by atoms with E-state index in [1.165, 1.54) is 0 Å². The number of H-pyrrole nitrogens is 1. The van der Waals surface area contributed by atoms with Crippen molar-refractivity contribution in [2.24, 2.45) is 0 Å². The lowest BCUT2D eigenvalue weighted by Crippen LogP contribution is -2.14. The Balaban J connectivity index is 2.40. The summed E-state index contributed by atoms with van der Waals surface area (Å²) in [5, 5.41) is 0. The summed E-state index contributed by atoms with van der Waals surface area (Å²) in [6.45, 7) is 2.41. The van der Waals surface area contributed by atoms with Gasteiger partial charge in [0.2, 0.25) is 0 Å². The molecule has 0 spiro atoms. The number of nitrogens with one attached hydrogen (secondary N) is 1. The van der Waals surface area contributed by atoms with Crippen molar-refractivity contribution >= 4 is 22.6 Å². The van der Waals surface area contributed by atoms with Crippen LogP contribution < -0.4 is 5.56 Å². The van der Waals surface area contributed by atoms with E-state index in [1.807, 2.05) is 53.8 Å². The smallest absolute Gasteiger partial charge is 0.264 e. The highest BCUT2D eigenvalue weighted by atomic mass is 127. The largest absolute Gasteiger partial charge is 0.380 e. The number of halogens is 1. The van der Waals surface area contributed by atoms with Gasteiger partial charge in [-0.2, -0.15) is 0 Å². The maximum absolute atomic E-state index is 11.7. The Morgan fingerprint density at radius 1 is 1.33 bits per heavy atom. The quantitative estimate of drug-likeness (QED) is 0.860. The fraction of sp³-hybridized carbons (Fsp3) is 0.231. The number of hydrogen-bond donors (Lipinski definition) is 1. The van der Waals surface area contributed by atoms with Gasteiger partial charge in [-0.15, -0.1) is 0 Å². The minimum Gasteiger partial charge on any atom is -0.380 e. The first kappa shape index (κ1) is 13.2. The third kappa shape index (κ3) is 2.78. The number of rotatable bonds is 3. The van der Waals surface area contributed by atoms with E-state index < -0.39 is 0 Å². The van der Waals surface area contributed by atoms with Crippen molar-refractivity contribution in [3.05, 3.63) is 49.4 Å². The lowest BCUT2D eigenvalue weighted by molar-refractivity contribution is 0.185. The number of nitrogens with zero attached hydrogens (tertiary/aromatic N) is 1. The average molecular weight is 356 g/mol. The molecule has 1 heterocycles. The first-order chi connectivity index (χ1) is 8.61. The molecule has 5 heteroatoms. The van der Waals surface area contributed by atoms with Gasteiger partial charge >= 0.3 is 0 Å². The Hall–Kier alpha value is -1.21. The maximum Gasteiger partial charge on any atom is 0.264 e. The minimum atomic E-state index is -0.0981. The van der Waals surface area contributed by atoms with Crippen LogP contribution in [0.4, 0.5) is 0 Å². The molecule has 1 aromatic heterocycles. The monoisotopic (exact) mass is 356 g/mol. The third-order valence-corrected chi connectivity index (χ3v) is 3.84. The van der Waals surface area contributed by atoms with Gasteiger partial charge in [0, 0.05) is 12.7 Å². The van der Waals surface area contributed by atoms with Gasteiger partial charge in [0.15, 0.2) is 0 Å². The number of aromatic amines is 1.